The Kier molecular flexibility index (Phi) is 4.72. The number of fused-ring (bicyclic) bond motifs is 3. The summed E-state index contributed by atoms with van der Waals surface area (Å²) in [5.74, 6) is -1.17. The van der Waals surface area contributed by atoms with Crippen molar-refractivity contribution in [3.63, 3.8) is 0 Å². The molecule has 1 aliphatic rings. The van der Waals surface area contributed by atoms with Crippen molar-refractivity contribution in [3.05, 3.63) is 112 Å². The Morgan fingerprint density at radius 3 is 2.36 bits per heavy atom. The number of imidazole rings is 1. The lowest BCUT2D eigenvalue weighted by molar-refractivity contribution is -0.384. The number of nitriles is 1. The number of para-hydroxylation sites is 2. The Bertz CT molecular complexity index is 1480. The summed E-state index contributed by atoms with van der Waals surface area (Å²) in [5, 5.41) is 21.2. The minimum Gasteiger partial charge on any atom is -0.384 e. The van der Waals surface area contributed by atoms with Crippen molar-refractivity contribution in [2.24, 2.45) is 5.73 Å². The number of carbonyl (C=O) groups excluding carboxylic acids is 1. The monoisotopic (exact) mass is 435 g/mol. The van der Waals surface area contributed by atoms with Gasteiger partial charge >= 0.3 is 0 Å². The van der Waals surface area contributed by atoms with Crippen LogP contribution in [-0.2, 0) is 0 Å². The molecule has 4 aromatic rings. The van der Waals surface area contributed by atoms with Crippen molar-refractivity contribution < 1.29 is 9.72 Å². The highest BCUT2D eigenvalue weighted by atomic mass is 16.6. The number of non-ortho nitro benzene ring substituents is 1. The molecule has 0 saturated carbocycles. The van der Waals surface area contributed by atoms with Gasteiger partial charge in [0.15, 0.2) is 5.78 Å². The van der Waals surface area contributed by atoms with Crippen LogP contribution in [0.5, 0.6) is 0 Å². The zero-order valence-corrected chi connectivity index (χ0v) is 17.3. The van der Waals surface area contributed by atoms with Crippen LogP contribution >= 0.6 is 0 Å². The van der Waals surface area contributed by atoms with Crippen molar-refractivity contribution in [3.8, 4) is 6.07 Å². The Hall–Kier alpha value is -4.77. The number of carbonyl (C=O) groups is 1. The molecule has 2 N–H and O–H groups in total. The number of hydrogen-bond acceptors (Lipinski definition) is 6. The minimum atomic E-state index is -0.844. The Morgan fingerprint density at radius 2 is 1.70 bits per heavy atom. The van der Waals surface area contributed by atoms with E-state index in [1.54, 1.807) is 41.0 Å². The molecule has 3 aromatic carbocycles. The molecule has 1 aromatic heterocycles. The molecule has 0 aliphatic carbocycles. The number of hydrogen-bond donors (Lipinski definition) is 1. The van der Waals surface area contributed by atoms with Gasteiger partial charge in [-0.25, -0.2) is 4.98 Å². The normalized spacial score (nSPS) is 17.4. The van der Waals surface area contributed by atoms with E-state index < -0.39 is 16.8 Å². The van der Waals surface area contributed by atoms with Crippen molar-refractivity contribution in [1.82, 2.24) is 9.55 Å². The van der Waals surface area contributed by atoms with E-state index in [1.807, 2.05) is 30.3 Å². The molecule has 0 bridgehead atoms. The van der Waals surface area contributed by atoms with Gasteiger partial charge in [0, 0.05) is 23.6 Å². The van der Waals surface area contributed by atoms with E-state index in [1.165, 1.54) is 12.1 Å². The summed E-state index contributed by atoms with van der Waals surface area (Å²) in [4.78, 5) is 29.2. The van der Waals surface area contributed by atoms with Crippen LogP contribution in [0, 0.1) is 21.4 Å². The van der Waals surface area contributed by atoms with Gasteiger partial charge in [-0.2, -0.15) is 5.26 Å². The number of rotatable bonds is 4. The Balaban J connectivity index is 1.79. The predicted molar refractivity (Wildman–Crippen MR) is 122 cm³/mol. The fraction of sp³-hybridized carbons (Fsp3) is 0.0800. The number of nitro groups is 1. The average molecular weight is 435 g/mol. The lowest BCUT2D eigenvalue weighted by Crippen LogP contribution is -2.32. The smallest absolute Gasteiger partial charge is 0.269 e. The molecule has 2 heterocycles. The van der Waals surface area contributed by atoms with Crippen LogP contribution in [-0.4, -0.2) is 20.3 Å². The van der Waals surface area contributed by atoms with E-state index in [0.717, 1.165) is 0 Å². The summed E-state index contributed by atoms with van der Waals surface area (Å²) in [7, 11) is 0. The van der Waals surface area contributed by atoms with Crippen LogP contribution in [0.25, 0.3) is 16.9 Å². The van der Waals surface area contributed by atoms with Crippen molar-refractivity contribution in [2.45, 2.75) is 11.8 Å². The number of aromatic nitrogens is 2. The van der Waals surface area contributed by atoms with Gasteiger partial charge in [-0.15, -0.1) is 0 Å². The van der Waals surface area contributed by atoms with Crippen LogP contribution in [0.4, 0.5) is 5.69 Å². The fourth-order valence-corrected chi connectivity index (χ4v) is 4.44. The van der Waals surface area contributed by atoms with Crippen molar-refractivity contribution in [2.75, 3.05) is 0 Å². The summed E-state index contributed by atoms with van der Waals surface area (Å²) in [6, 6.07) is 24.2. The van der Waals surface area contributed by atoms with Gasteiger partial charge in [-0.1, -0.05) is 54.6 Å². The van der Waals surface area contributed by atoms with Gasteiger partial charge in [0.2, 0.25) is 0 Å². The summed E-state index contributed by atoms with van der Waals surface area (Å²) in [6.45, 7) is 0. The third-order valence-electron chi connectivity index (χ3n) is 5.95. The van der Waals surface area contributed by atoms with Crippen molar-refractivity contribution in [1.29, 1.82) is 5.26 Å². The maximum absolute atomic E-state index is 13.8. The number of nitrogens with zero attached hydrogens (tertiary/aromatic N) is 4. The molecule has 0 fully saturated rings. The first-order chi connectivity index (χ1) is 16.0. The molecule has 0 saturated heterocycles. The second-order valence-electron chi connectivity index (χ2n) is 7.74. The molecule has 2 atom stereocenters. The van der Waals surface area contributed by atoms with E-state index in [9.17, 15) is 20.2 Å². The second kappa shape index (κ2) is 7.73. The number of nitro benzene ring substituents is 1. The van der Waals surface area contributed by atoms with Crippen LogP contribution in [0.15, 0.2) is 84.4 Å². The zero-order valence-electron chi connectivity index (χ0n) is 17.3. The number of nitrogens with two attached hydrogens (primary N) is 1. The first kappa shape index (κ1) is 20.2. The maximum Gasteiger partial charge on any atom is 0.269 e. The molecule has 8 heteroatoms. The molecule has 0 amide bonds. The third kappa shape index (κ3) is 3.15. The predicted octanol–water partition coefficient (Wildman–Crippen LogP) is 4.36. The van der Waals surface area contributed by atoms with Crippen LogP contribution in [0.2, 0.25) is 0 Å². The molecule has 0 radical (unpaired) electrons. The molecule has 1 aliphatic heterocycles. The van der Waals surface area contributed by atoms with E-state index in [0.29, 0.717) is 28.0 Å². The highest BCUT2D eigenvalue weighted by Crippen LogP contribution is 2.46. The minimum absolute atomic E-state index is 0.0804. The average Bonchev–Trinajstić information content (AvgIpc) is 3.24. The molecule has 160 valence electrons. The Morgan fingerprint density at radius 1 is 1.03 bits per heavy atom. The SMILES string of the molecule is N#CC1=C(N)n2c(nc3ccccc32)[C@H](C(=O)c2ccccc2)[C@H]1c1ccc([N+](=O)[O-])cc1. The van der Waals surface area contributed by atoms with Gasteiger partial charge in [-0.3, -0.25) is 19.5 Å². The van der Waals surface area contributed by atoms with E-state index in [2.05, 4.69) is 6.07 Å². The molecule has 0 spiro atoms. The number of Topliss-reactive ketones (excluding diaryl/α,β-unsaturated/α-hetero) is 1. The van der Waals surface area contributed by atoms with Gasteiger partial charge in [0.25, 0.3) is 5.69 Å². The topological polar surface area (TPSA) is 128 Å². The third-order valence-corrected chi connectivity index (χ3v) is 5.95. The first-order valence-electron chi connectivity index (χ1n) is 10.2. The summed E-state index contributed by atoms with van der Waals surface area (Å²) in [5.41, 5.74) is 9.02. The van der Waals surface area contributed by atoms with Gasteiger partial charge in [-0.05, 0) is 17.7 Å². The van der Waals surface area contributed by atoms with Crippen LogP contribution < -0.4 is 5.73 Å². The number of benzene rings is 3. The maximum atomic E-state index is 13.8. The van der Waals surface area contributed by atoms with Gasteiger partial charge in [0.1, 0.15) is 11.6 Å². The molecular formula is C25H17N5O3. The number of allylic oxidation sites excluding steroid dienone is 1. The molecule has 0 unspecified atom stereocenters. The quantitative estimate of drug-likeness (QED) is 0.288. The second-order valence-corrected chi connectivity index (χ2v) is 7.74. The van der Waals surface area contributed by atoms with E-state index >= 15 is 0 Å². The van der Waals surface area contributed by atoms with Crippen molar-refractivity contribution >= 4 is 28.3 Å². The largest absolute Gasteiger partial charge is 0.384 e. The van der Waals surface area contributed by atoms with Gasteiger partial charge < -0.3 is 5.73 Å². The van der Waals surface area contributed by atoms with Crippen LogP contribution in [0.3, 0.4) is 0 Å². The van der Waals surface area contributed by atoms with Crippen LogP contribution in [0.1, 0.15) is 33.6 Å². The summed E-state index contributed by atoms with van der Waals surface area (Å²) in [6.07, 6.45) is 0. The number of ketones is 1. The lowest BCUT2D eigenvalue weighted by Gasteiger charge is -2.32. The molecule has 5 rings (SSSR count). The van der Waals surface area contributed by atoms with E-state index in [4.69, 9.17) is 10.7 Å². The summed E-state index contributed by atoms with van der Waals surface area (Å²) < 4.78 is 1.67. The standard InChI is InChI=1S/C25H17N5O3/c26-14-18-21(15-10-12-17(13-11-15)30(32)33)22(23(31)16-6-2-1-3-7-16)25-28-19-8-4-5-9-20(19)29(25)24(18)27/h1-13,21-22H,27H2/t21-,22-/m0/s1. The fourth-order valence-electron chi connectivity index (χ4n) is 4.44. The molecular weight excluding hydrogens is 418 g/mol. The highest BCUT2D eigenvalue weighted by Gasteiger charge is 2.43. The molecule has 33 heavy (non-hydrogen) atoms. The molecule has 8 nitrogen and oxygen atoms in total. The zero-order chi connectivity index (χ0) is 23.1. The lowest BCUT2D eigenvalue weighted by atomic mass is 9.75. The first-order valence-corrected chi connectivity index (χ1v) is 10.2. The van der Waals surface area contributed by atoms with E-state index in [-0.39, 0.29) is 22.9 Å². The highest BCUT2D eigenvalue weighted by molar-refractivity contribution is 6.03. The van der Waals surface area contributed by atoms with Gasteiger partial charge in [0.05, 0.1) is 33.5 Å². The summed E-state index contributed by atoms with van der Waals surface area (Å²) >= 11 is 0. The Labute approximate surface area is 188 Å².